The lowest BCUT2D eigenvalue weighted by atomic mass is 10.2. The number of hydrogen-bond acceptors (Lipinski definition) is 9. The van der Waals surface area contributed by atoms with Crippen molar-refractivity contribution in [2.45, 2.75) is 56.4 Å². The van der Waals surface area contributed by atoms with Gasteiger partial charge >= 0.3 is 21.3 Å². The molecule has 1 aliphatic rings. The lowest BCUT2D eigenvalue weighted by Crippen LogP contribution is -2.42. The van der Waals surface area contributed by atoms with Crippen molar-refractivity contribution in [2.75, 3.05) is 19.8 Å². The monoisotopic (exact) mass is 476 g/mol. The number of H-pyrrole nitrogens is 1. The number of aromatic amines is 1. The van der Waals surface area contributed by atoms with Gasteiger partial charge in [-0.3, -0.25) is 18.5 Å². The predicted octanol–water partition coefficient (Wildman–Crippen LogP) is 0.211. The van der Waals surface area contributed by atoms with Crippen molar-refractivity contribution in [3.63, 3.8) is 0 Å². The first kappa shape index (κ1) is 25.5. The van der Waals surface area contributed by atoms with E-state index in [1.54, 1.807) is 0 Å². The lowest BCUT2D eigenvalue weighted by molar-refractivity contribution is -0.203. The van der Waals surface area contributed by atoms with E-state index >= 15 is 0 Å². The zero-order valence-electron chi connectivity index (χ0n) is 16.4. The van der Waals surface area contributed by atoms with Gasteiger partial charge in [-0.05, 0) is 26.2 Å². The molecule has 31 heavy (non-hydrogen) atoms. The summed E-state index contributed by atoms with van der Waals surface area (Å²) >= 11 is 0. The minimum Gasteiger partial charge on any atom is -0.388 e. The molecule has 1 aliphatic heterocycles. The zero-order chi connectivity index (χ0) is 23.2. The Morgan fingerprint density at radius 3 is 2.61 bits per heavy atom. The van der Waals surface area contributed by atoms with Crippen molar-refractivity contribution in [1.29, 1.82) is 0 Å². The SMILES string of the molecule is CC(OC(COC1CCCCO1)C(O)COS(=O)(=O)C(F)(F)F)n1ccc(=O)[nH]c1=O. The highest BCUT2D eigenvalue weighted by Crippen LogP contribution is 2.25. The van der Waals surface area contributed by atoms with Crippen LogP contribution in [-0.2, 0) is 28.5 Å². The molecule has 0 bridgehead atoms. The van der Waals surface area contributed by atoms with Crippen LogP contribution in [0.4, 0.5) is 13.2 Å². The number of alkyl halides is 3. The Bertz CT molecular complexity index is 925. The van der Waals surface area contributed by atoms with E-state index < -0.39 is 64.8 Å². The summed E-state index contributed by atoms with van der Waals surface area (Å²) in [7, 11) is -5.93. The number of aliphatic hydroxyl groups is 1. The summed E-state index contributed by atoms with van der Waals surface area (Å²) in [5.74, 6) is 0. The van der Waals surface area contributed by atoms with Gasteiger partial charge in [0.1, 0.15) is 18.4 Å². The molecule has 0 aromatic carbocycles. The molecule has 178 valence electrons. The Hall–Kier alpha value is -1.78. The van der Waals surface area contributed by atoms with Crippen molar-refractivity contribution in [1.82, 2.24) is 9.55 Å². The fraction of sp³-hybridized carbons (Fsp3) is 0.750. The molecule has 2 heterocycles. The number of aromatic nitrogens is 2. The number of rotatable bonds is 10. The molecule has 1 aromatic rings. The lowest BCUT2D eigenvalue weighted by Gasteiger charge is -2.29. The summed E-state index contributed by atoms with van der Waals surface area (Å²) in [6.45, 7) is 0.136. The van der Waals surface area contributed by atoms with Crippen molar-refractivity contribution < 1.29 is 45.1 Å². The first-order valence-corrected chi connectivity index (χ1v) is 10.7. The largest absolute Gasteiger partial charge is 0.523 e. The second-order valence-electron chi connectivity index (χ2n) is 6.67. The molecular formula is C16H23F3N2O9S. The Morgan fingerprint density at radius 2 is 2.03 bits per heavy atom. The van der Waals surface area contributed by atoms with E-state index in [0.717, 1.165) is 29.7 Å². The maximum Gasteiger partial charge on any atom is 0.523 e. The van der Waals surface area contributed by atoms with E-state index in [-0.39, 0.29) is 0 Å². The summed E-state index contributed by atoms with van der Waals surface area (Å²) in [5, 5.41) is 10.2. The quantitative estimate of drug-likeness (QED) is 0.357. The second-order valence-corrected chi connectivity index (χ2v) is 8.28. The molecule has 1 saturated heterocycles. The molecule has 0 amide bonds. The topological polar surface area (TPSA) is 146 Å². The van der Waals surface area contributed by atoms with Crippen LogP contribution >= 0.6 is 0 Å². The molecular weight excluding hydrogens is 453 g/mol. The molecule has 4 unspecified atom stereocenters. The van der Waals surface area contributed by atoms with Gasteiger partial charge in [-0.2, -0.15) is 21.6 Å². The standard InChI is InChI=1S/C16H23F3N2O9S/c1-10(21-6-5-13(23)20-15(21)24)30-12(9-28-14-4-2-3-7-27-14)11(22)8-29-31(25,26)16(17,18)19/h5-6,10-12,14,22H,2-4,7-9H2,1H3,(H,20,23,24). The average molecular weight is 476 g/mol. The van der Waals surface area contributed by atoms with Crippen molar-refractivity contribution >= 4 is 10.1 Å². The number of ether oxygens (including phenoxy) is 3. The maximum absolute atomic E-state index is 12.5. The molecule has 1 fully saturated rings. The number of nitrogens with one attached hydrogen (secondary N) is 1. The van der Waals surface area contributed by atoms with Gasteiger partial charge in [-0.25, -0.2) is 4.79 Å². The summed E-state index contributed by atoms with van der Waals surface area (Å²) in [6.07, 6.45) is -1.73. The van der Waals surface area contributed by atoms with E-state index in [9.17, 15) is 36.3 Å². The van der Waals surface area contributed by atoms with Crippen LogP contribution in [0.15, 0.2) is 21.9 Å². The third-order valence-corrected chi connectivity index (χ3v) is 5.32. The van der Waals surface area contributed by atoms with E-state index in [0.29, 0.717) is 13.0 Å². The van der Waals surface area contributed by atoms with E-state index in [1.165, 1.54) is 6.92 Å². The summed E-state index contributed by atoms with van der Waals surface area (Å²) in [5.41, 5.74) is -7.15. The molecule has 15 heteroatoms. The zero-order valence-corrected chi connectivity index (χ0v) is 17.2. The number of halogens is 3. The maximum atomic E-state index is 12.5. The van der Waals surface area contributed by atoms with Crippen LogP contribution in [0.2, 0.25) is 0 Å². The van der Waals surface area contributed by atoms with Crippen LogP contribution in [-0.4, -0.2) is 66.9 Å². The van der Waals surface area contributed by atoms with Crippen LogP contribution in [0.1, 0.15) is 32.4 Å². The first-order chi connectivity index (χ1) is 14.4. The van der Waals surface area contributed by atoms with Crippen LogP contribution in [0, 0.1) is 0 Å². The predicted molar refractivity (Wildman–Crippen MR) is 97.4 cm³/mol. The smallest absolute Gasteiger partial charge is 0.388 e. The first-order valence-electron chi connectivity index (χ1n) is 9.24. The van der Waals surface area contributed by atoms with Crippen LogP contribution in [0.5, 0.6) is 0 Å². The van der Waals surface area contributed by atoms with Crippen LogP contribution in [0.25, 0.3) is 0 Å². The Kier molecular flexibility index (Phi) is 8.79. The van der Waals surface area contributed by atoms with Crippen molar-refractivity contribution in [3.8, 4) is 0 Å². The fourth-order valence-corrected chi connectivity index (χ4v) is 3.10. The molecule has 0 spiro atoms. The second kappa shape index (κ2) is 10.7. The molecule has 1 aromatic heterocycles. The van der Waals surface area contributed by atoms with Gasteiger partial charge in [0.2, 0.25) is 0 Å². The Morgan fingerprint density at radius 1 is 1.32 bits per heavy atom. The van der Waals surface area contributed by atoms with Gasteiger partial charge in [-0.15, -0.1) is 0 Å². The minimum absolute atomic E-state index is 0.399. The highest BCUT2D eigenvalue weighted by Gasteiger charge is 2.47. The van der Waals surface area contributed by atoms with Gasteiger partial charge in [0.05, 0.1) is 13.2 Å². The molecule has 0 radical (unpaired) electrons. The normalized spacial score (nSPS) is 20.9. The molecule has 2 rings (SSSR count). The number of nitrogens with zero attached hydrogens (tertiary/aromatic N) is 1. The molecule has 0 saturated carbocycles. The molecule has 11 nitrogen and oxygen atoms in total. The van der Waals surface area contributed by atoms with E-state index in [1.807, 2.05) is 4.98 Å². The highest BCUT2D eigenvalue weighted by molar-refractivity contribution is 7.87. The number of aliphatic hydroxyl groups excluding tert-OH is 1. The highest BCUT2D eigenvalue weighted by atomic mass is 32.2. The molecule has 4 atom stereocenters. The summed E-state index contributed by atoms with van der Waals surface area (Å²) in [6, 6.07) is 1.04. The fourth-order valence-electron chi connectivity index (χ4n) is 2.65. The van der Waals surface area contributed by atoms with Gasteiger partial charge in [-0.1, -0.05) is 0 Å². The summed E-state index contributed by atoms with van der Waals surface area (Å²) < 4.78 is 80.7. The number of hydrogen-bond donors (Lipinski definition) is 2. The van der Waals surface area contributed by atoms with E-state index in [4.69, 9.17) is 14.2 Å². The van der Waals surface area contributed by atoms with Crippen molar-refractivity contribution in [2.24, 2.45) is 0 Å². The van der Waals surface area contributed by atoms with Crippen LogP contribution < -0.4 is 11.2 Å². The molecule has 0 aliphatic carbocycles. The third kappa shape index (κ3) is 7.40. The third-order valence-electron chi connectivity index (χ3n) is 4.31. The van der Waals surface area contributed by atoms with Crippen LogP contribution in [0.3, 0.4) is 0 Å². The average Bonchev–Trinajstić information content (AvgIpc) is 2.69. The Balaban J connectivity index is 2.10. The molecule has 2 N–H and O–H groups in total. The minimum atomic E-state index is -5.93. The van der Waals surface area contributed by atoms with E-state index in [2.05, 4.69) is 4.18 Å². The Labute approximate surface area is 174 Å². The van der Waals surface area contributed by atoms with Gasteiger partial charge in [0.15, 0.2) is 6.29 Å². The van der Waals surface area contributed by atoms with Crippen molar-refractivity contribution in [3.05, 3.63) is 33.1 Å². The van der Waals surface area contributed by atoms with Gasteiger partial charge in [0.25, 0.3) is 5.56 Å². The summed E-state index contributed by atoms with van der Waals surface area (Å²) in [4.78, 5) is 25.1. The van der Waals surface area contributed by atoms with Gasteiger partial charge < -0.3 is 19.3 Å². The van der Waals surface area contributed by atoms with Gasteiger partial charge in [0, 0.05) is 18.9 Å².